The van der Waals surface area contributed by atoms with Gasteiger partial charge in [0, 0.05) is 13.1 Å². The van der Waals surface area contributed by atoms with Crippen LogP contribution in [0.15, 0.2) is 18.2 Å². The van der Waals surface area contributed by atoms with Crippen LogP contribution in [0, 0.1) is 11.3 Å². The van der Waals surface area contributed by atoms with Crippen LogP contribution >= 0.6 is 0 Å². The molecule has 1 saturated heterocycles. The van der Waals surface area contributed by atoms with Crippen molar-refractivity contribution in [2.24, 2.45) is 0 Å². The number of hydrogen-bond donors (Lipinski definition) is 1. The number of anilines is 1. The van der Waals surface area contributed by atoms with E-state index >= 15 is 0 Å². The number of urea groups is 1. The van der Waals surface area contributed by atoms with Crippen LogP contribution in [0.5, 0.6) is 5.75 Å². The molecule has 5 nitrogen and oxygen atoms in total. The number of rotatable bonds is 3. The van der Waals surface area contributed by atoms with Gasteiger partial charge in [-0.1, -0.05) is 0 Å². The molecule has 0 bridgehead atoms. The summed E-state index contributed by atoms with van der Waals surface area (Å²) in [5.41, 5.74) is 1.05. The lowest BCUT2D eigenvalue weighted by atomic mass is 10.2. The third kappa shape index (κ3) is 3.41. The van der Waals surface area contributed by atoms with Gasteiger partial charge in [-0.05, 0) is 44.9 Å². The zero-order valence-electron chi connectivity index (χ0n) is 11.8. The first-order valence-electron chi connectivity index (χ1n) is 6.87. The Morgan fingerprint density at radius 3 is 2.70 bits per heavy atom. The third-order valence-corrected chi connectivity index (χ3v) is 3.11. The average Bonchev–Trinajstić information content (AvgIpc) is 2.94. The van der Waals surface area contributed by atoms with Crippen LogP contribution in [0.2, 0.25) is 0 Å². The molecule has 0 unspecified atom stereocenters. The molecular weight excluding hydrogens is 254 g/mol. The monoisotopic (exact) mass is 273 g/mol. The fourth-order valence-corrected chi connectivity index (χ4v) is 2.17. The Morgan fingerprint density at radius 1 is 1.40 bits per heavy atom. The van der Waals surface area contributed by atoms with Gasteiger partial charge in [0.25, 0.3) is 0 Å². The highest BCUT2D eigenvalue weighted by Crippen LogP contribution is 2.27. The van der Waals surface area contributed by atoms with Crippen LogP contribution < -0.4 is 10.1 Å². The molecule has 106 valence electrons. The Kier molecular flexibility index (Phi) is 4.46. The van der Waals surface area contributed by atoms with Gasteiger partial charge in [-0.15, -0.1) is 0 Å². The normalized spacial score (nSPS) is 14.2. The van der Waals surface area contributed by atoms with Crippen molar-refractivity contribution >= 4 is 11.7 Å². The summed E-state index contributed by atoms with van der Waals surface area (Å²) >= 11 is 0. The van der Waals surface area contributed by atoms with Gasteiger partial charge in [0.1, 0.15) is 5.75 Å². The fourth-order valence-electron chi connectivity index (χ4n) is 2.17. The van der Waals surface area contributed by atoms with Crippen molar-refractivity contribution in [1.82, 2.24) is 4.90 Å². The first kappa shape index (κ1) is 14.2. The van der Waals surface area contributed by atoms with E-state index < -0.39 is 0 Å². The number of carbonyl (C=O) groups is 1. The fraction of sp³-hybridized carbons (Fsp3) is 0.467. The van der Waals surface area contributed by atoms with Gasteiger partial charge in [0.2, 0.25) is 0 Å². The molecule has 1 N–H and O–H groups in total. The minimum Gasteiger partial charge on any atom is -0.489 e. The molecule has 2 amide bonds. The zero-order valence-corrected chi connectivity index (χ0v) is 11.8. The lowest BCUT2D eigenvalue weighted by Gasteiger charge is -2.19. The first-order chi connectivity index (χ1) is 9.60. The van der Waals surface area contributed by atoms with E-state index in [9.17, 15) is 4.79 Å². The minimum absolute atomic E-state index is 0.00498. The number of nitrogens with zero attached hydrogens (tertiary/aromatic N) is 2. The third-order valence-electron chi connectivity index (χ3n) is 3.11. The Hall–Kier alpha value is -2.22. The summed E-state index contributed by atoms with van der Waals surface area (Å²) in [5.74, 6) is 0.589. The first-order valence-corrected chi connectivity index (χ1v) is 6.87. The van der Waals surface area contributed by atoms with Crippen molar-refractivity contribution in [3.8, 4) is 11.8 Å². The second-order valence-electron chi connectivity index (χ2n) is 5.11. The zero-order chi connectivity index (χ0) is 14.5. The molecule has 1 aliphatic rings. The molecule has 20 heavy (non-hydrogen) atoms. The predicted molar refractivity (Wildman–Crippen MR) is 76.7 cm³/mol. The van der Waals surface area contributed by atoms with Crippen molar-refractivity contribution in [3.63, 3.8) is 0 Å². The number of benzene rings is 1. The van der Waals surface area contributed by atoms with E-state index in [1.165, 1.54) is 0 Å². The van der Waals surface area contributed by atoms with Crippen LogP contribution in [0.4, 0.5) is 10.5 Å². The summed E-state index contributed by atoms with van der Waals surface area (Å²) in [4.78, 5) is 13.9. The molecule has 1 aromatic carbocycles. The van der Waals surface area contributed by atoms with E-state index in [0.29, 0.717) is 17.0 Å². The minimum atomic E-state index is -0.133. The van der Waals surface area contributed by atoms with Crippen molar-refractivity contribution in [2.75, 3.05) is 18.4 Å². The van der Waals surface area contributed by atoms with Crippen molar-refractivity contribution in [2.45, 2.75) is 32.8 Å². The predicted octanol–water partition coefficient (Wildman–Crippen LogP) is 2.97. The average molecular weight is 273 g/mol. The highest BCUT2D eigenvalue weighted by molar-refractivity contribution is 5.91. The SMILES string of the molecule is CC(C)Oc1ccc(C#N)cc1NC(=O)N1CCCC1. The molecular formula is C15H19N3O2. The van der Waals surface area contributed by atoms with Crippen LogP contribution in [0.25, 0.3) is 0 Å². The Morgan fingerprint density at radius 2 is 2.10 bits per heavy atom. The Bertz CT molecular complexity index is 528. The summed E-state index contributed by atoms with van der Waals surface area (Å²) < 4.78 is 5.67. The van der Waals surface area contributed by atoms with Gasteiger partial charge in [0.05, 0.1) is 23.4 Å². The van der Waals surface area contributed by atoms with Gasteiger partial charge in [-0.3, -0.25) is 0 Å². The molecule has 1 aromatic rings. The topological polar surface area (TPSA) is 65.4 Å². The summed E-state index contributed by atoms with van der Waals surface area (Å²) in [6, 6.07) is 6.99. The maximum Gasteiger partial charge on any atom is 0.321 e. The number of likely N-dealkylation sites (tertiary alicyclic amines) is 1. The van der Waals surface area contributed by atoms with Crippen LogP contribution in [0.1, 0.15) is 32.3 Å². The van der Waals surface area contributed by atoms with Crippen LogP contribution in [-0.2, 0) is 0 Å². The largest absolute Gasteiger partial charge is 0.489 e. The molecule has 1 heterocycles. The van der Waals surface area contributed by atoms with Crippen LogP contribution in [-0.4, -0.2) is 30.1 Å². The molecule has 1 aliphatic heterocycles. The molecule has 0 atom stereocenters. The number of carbonyl (C=O) groups excluding carboxylic acids is 1. The smallest absolute Gasteiger partial charge is 0.321 e. The van der Waals surface area contributed by atoms with Gasteiger partial charge in [-0.2, -0.15) is 5.26 Å². The standard InChI is InChI=1S/C15H19N3O2/c1-11(2)20-14-6-5-12(10-16)9-13(14)17-15(19)18-7-3-4-8-18/h5-6,9,11H,3-4,7-8H2,1-2H3,(H,17,19). The molecule has 0 spiro atoms. The van der Waals surface area contributed by atoms with Gasteiger partial charge < -0.3 is 15.0 Å². The Balaban J connectivity index is 2.18. The quantitative estimate of drug-likeness (QED) is 0.920. The van der Waals surface area contributed by atoms with Crippen molar-refractivity contribution in [1.29, 1.82) is 5.26 Å². The number of nitriles is 1. The number of ether oxygens (including phenoxy) is 1. The lowest BCUT2D eigenvalue weighted by Crippen LogP contribution is -2.32. The lowest BCUT2D eigenvalue weighted by molar-refractivity contribution is 0.221. The maximum atomic E-state index is 12.1. The summed E-state index contributed by atoms with van der Waals surface area (Å²) in [5, 5.41) is 11.8. The van der Waals surface area contributed by atoms with Crippen molar-refractivity contribution < 1.29 is 9.53 Å². The van der Waals surface area contributed by atoms with Crippen LogP contribution in [0.3, 0.4) is 0 Å². The van der Waals surface area contributed by atoms with E-state index in [1.54, 1.807) is 23.1 Å². The molecule has 2 rings (SSSR count). The summed E-state index contributed by atoms with van der Waals surface area (Å²) in [6.45, 7) is 5.41. The van der Waals surface area contributed by atoms with Crippen molar-refractivity contribution in [3.05, 3.63) is 23.8 Å². The van der Waals surface area contributed by atoms with Gasteiger partial charge in [-0.25, -0.2) is 4.79 Å². The highest BCUT2D eigenvalue weighted by Gasteiger charge is 2.19. The highest BCUT2D eigenvalue weighted by atomic mass is 16.5. The molecule has 0 saturated carbocycles. The molecule has 0 aliphatic carbocycles. The van der Waals surface area contributed by atoms with E-state index in [0.717, 1.165) is 25.9 Å². The van der Waals surface area contributed by atoms with E-state index in [2.05, 4.69) is 11.4 Å². The molecule has 0 aromatic heterocycles. The molecule has 0 radical (unpaired) electrons. The van der Waals surface area contributed by atoms with E-state index in [1.807, 2.05) is 13.8 Å². The second kappa shape index (κ2) is 6.29. The van der Waals surface area contributed by atoms with E-state index in [4.69, 9.17) is 10.00 Å². The van der Waals surface area contributed by atoms with Gasteiger partial charge >= 0.3 is 6.03 Å². The van der Waals surface area contributed by atoms with Gasteiger partial charge in [0.15, 0.2) is 0 Å². The maximum absolute atomic E-state index is 12.1. The summed E-state index contributed by atoms with van der Waals surface area (Å²) in [6.07, 6.45) is 2.09. The molecule has 5 heteroatoms. The number of hydrogen-bond acceptors (Lipinski definition) is 3. The number of amides is 2. The molecule has 1 fully saturated rings. The summed E-state index contributed by atoms with van der Waals surface area (Å²) in [7, 11) is 0. The Labute approximate surface area is 119 Å². The van der Waals surface area contributed by atoms with E-state index in [-0.39, 0.29) is 12.1 Å². The number of nitrogens with one attached hydrogen (secondary N) is 1. The second-order valence-corrected chi connectivity index (χ2v) is 5.11.